The number of halogens is 1. The number of hydrogen-bond donors (Lipinski definition) is 1. The van der Waals surface area contributed by atoms with Gasteiger partial charge in [-0.15, -0.1) is 0 Å². The zero-order valence-corrected chi connectivity index (χ0v) is 18.6. The Bertz CT molecular complexity index is 1010. The summed E-state index contributed by atoms with van der Waals surface area (Å²) in [5.41, 5.74) is 4.91. The van der Waals surface area contributed by atoms with Crippen LogP contribution in [0, 0.1) is 25.6 Å². The average Bonchev–Trinajstić information content (AvgIpc) is 3.18. The molecule has 31 heavy (non-hydrogen) atoms. The third-order valence-corrected chi connectivity index (χ3v) is 5.03. The predicted molar refractivity (Wildman–Crippen MR) is 119 cm³/mol. The van der Waals surface area contributed by atoms with Gasteiger partial charge >= 0.3 is 0 Å². The SMILES string of the molecule is Cc1ccc(CN(Cc2ccc(F)cc2)Cc2nc(C(=O)NCC(C)C)co2)c(C)c1. The molecule has 0 unspecified atom stereocenters. The second-order valence-corrected chi connectivity index (χ2v) is 8.43. The highest BCUT2D eigenvalue weighted by atomic mass is 19.1. The number of benzene rings is 2. The smallest absolute Gasteiger partial charge is 0.273 e. The minimum Gasteiger partial charge on any atom is -0.447 e. The molecule has 0 bridgehead atoms. The summed E-state index contributed by atoms with van der Waals surface area (Å²) >= 11 is 0. The van der Waals surface area contributed by atoms with Crippen molar-refractivity contribution in [3.05, 3.63) is 88.4 Å². The first-order chi connectivity index (χ1) is 14.8. The maximum atomic E-state index is 13.3. The second-order valence-electron chi connectivity index (χ2n) is 8.43. The van der Waals surface area contributed by atoms with Gasteiger partial charge < -0.3 is 9.73 Å². The van der Waals surface area contributed by atoms with Crippen molar-refractivity contribution in [1.29, 1.82) is 0 Å². The van der Waals surface area contributed by atoms with Gasteiger partial charge in [0.25, 0.3) is 5.91 Å². The van der Waals surface area contributed by atoms with E-state index in [2.05, 4.69) is 47.2 Å². The molecular formula is C25H30FN3O2. The van der Waals surface area contributed by atoms with Gasteiger partial charge in [-0.1, -0.05) is 49.7 Å². The van der Waals surface area contributed by atoms with E-state index >= 15 is 0 Å². The van der Waals surface area contributed by atoms with E-state index in [1.807, 2.05) is 13.8 Å². The van der Waals surface area contributed by atoms with E-state index in [0.29, 0.717) is 38.0 Å². The van der Waals surface area contributed by atoms with Gasteiger partial charge in [0.05, 0.1) is 6.54 Å². The largest absolute Gasteiger partial charge is 0.447 e. The Hall–Kier alpha value is -2.99. The number of nitrogens with zero attached hydrogens (tertiary/aromatic N) is 2. The van der Waals surface area contributed by atoms with Crippen molar-refractivity contribution in [2.75, 3.05) is 6.54 Å². The Balaban J connectivity index is 1.76. The lowest BCUT2D eigenvalue weighted by Crippen LogP contribution is -2.27. The summed E-state index contributed by atoms with van der Waals surface area (Å²) in [7, 11) is 0. The predicted octanol–water partition coefficient (Wildman–Crippen LogP) is 5.02. The van der Waals surface area contributed by atoms with E-state index in [-0.39, 0.29) is 17.4 Å². The Morgan fingerprint density at radius 1 is 1.10 bits per heavy atom. The van der Waals surface area contributed by atoms with Crippen LogP contribution in [0.25, 0.3) is 0 Å². The molecule has 1 amide bonds. The number of rotatable bonds is 9. The topological polar surface area (TPSA) is 58.4 Å². The van der Waals surface area contributed by atoms with Crippen molar-refractivity contribution in [1.82, 2.24) is 15.2 Å². The zero-order chi connectivity index (χ0) is 22.4. The average molecular weight is 424 g/mol. The first-order valence-electron chi connectivity index (χ1n) is 10.6. The first-order valence-corrected chi connectivity index (χ1v) is 10.6. The van der Waals surface area contributed by atoms with Crippen LogP contribution in [-0.2, 0) is 19.6 Å². The molecule has 0 radical (unpaired) electrons. The maximum absolute atomic E-state index is 13.3. The minimum absolute atomic E-state index is 0.233. The monoisotopic (exact) mass is 423 g/mol. The van der Waals surface area contributed by atoms with Crippen LogP contribution >= 0.6 is 0 Å². The van der Waals surface area contributed by atoms with Crippen LogP contribution in [0.15, 0.2) is 53.1 Å². The number of oxazole rings is 1. The van der Waals surface area contributed by atoms with Crippen molar-refractivity contribution in [3.63, 3.8) is 0 Å². The summed E-state index contributed by atoms with van der Waals surface area (Å²) in [5.74, 6) is 0.346. The van der Waals surface area contributed by atoms with Crippen LogP contribution in [0.1, 0.15) is 52.5 Å². The number of carbonyl (C=O) groups excluding carboxylic acids is 1. The van der Waals surface area contributed by atoms with Gasteiger partial charge in [-0.05, 0) is 48.6 Å². The van der Waals surface area contributed by atoms with Gasteiger partial charge in [-0.25, -0.2) is 9.37 Å². The fourth-order valence-electron chi connectivity index (χ4n) is 3.35. The van der Waals surface area contributed by atoms with Gasteiger partial charge in [-0.3, -0.25) is 9.69 Å². The van der Waals surface area contributed by atoms with Crippen LogP contribution in [0.5, 0.6) is 0 Å². The number of hydrogen-bond acceptors (Lipinski definition) is 4. The molecule has 3 aromatic rings. The summed E-state index contributed by atoms with van der Waals surface area (Å²) in [6, 6.07) is 12.9. The quantitative estimate of drug-likeness (QED) is 0.525. The molecule has 6 heteroatoms. The van der Waals surface area contributed by atoms with Crippen LogP contribution < -0.4 is 5.32 Å². The summed E-state index contributed by atoms with van der Waals surface area (Å²) < 4.78 is 18.9. The molecule has 0 saturated carbocycles. The van der Waals surface area contributed by atoms with Gasteiger partial charge in [0, 0.05) is 19.6 Å². The summed E-state index contributed by atoms with van der Waals surface area (Å²) in [4.78, 5) is 18.8. The lowest BCUT2D eigenvalue weighted by molar-refractivity contribution is 0.0944. The van der Waals surface area contributed by atoms with E-state index in [4.69, 9.17) is 4.42 Å². The number of aromatic nitrogens is 1. The molecule has 3 rings (SSSR count). The molecule has 1 heterocycles. The van der Waals surface area contributed by atoms with Gasteiger partial charge in [-0.2, -0.15) is 0 Å². The zero-order valence-electron chi connectivity index (χ0n) is 18.6. The fraction of sp³-hybridized carbons (Fsp3) is 0.360. The van der Waals surface area contributed by atoms with Gasteiger partial charge in [0.15, 0.2) is 5.69 Å². The number of nitrogens with one attached hydrogen (secondary N) is 1. The summed E-state index contributed by atoms with van der Waals surface area (Å²) in [6.45, 7) is 10.5. The maximum Gasteiger partial charge on any atom is 0.273 e. The van der Waals surface area contributed by atoms with Crippen LogP contribution in [0.3, 0.4) is 0 Å². The van der Waals surface area contributed by atoms with E-state index in [1.165, 1.54) is 35.1 Å². The molecule has 0 fully saturated rings. The van der Waals surface area contributed by atoms with Gasteiger partial charge in [0.1, 0.15) is 12.1 Å². The highest BCUT2D eigenvalue weighted by molar-refractivity contribution is 5.91. The van der Waals surface area contributed by atoms with E-state index < -0.39 is 0 Å². The molecular weight excluding hydrogens is 393 g/mol. The van der Waals surface area contributed by atoms with E-state index in [0.717, 1.165) is 5.56 Å². The van der Waals surface area contributed by atoms with E-state index in [9.17, 15) is 9.18 Å². The highest BCUT2D eigenvalue weighted by Gasteiger charge is 2.16. The van der Waals surface area contributed by atoms with Crippen molar-refractivity contribution in [3.8, 4) is 0 Å². The summed E-state index contributed by atoms with van der Waals surface area (Å²) in [5, 5.41) is 2.85. The molecule has 5 nitrogen and oxygen atoms in total. The number of carbonyl (C=O) groups is 1. The third kappa shape index (κ3) is 6.76. The molecule has 0 aliphatic carbocycles. The third-order valence-electron chi connectivity index (χ3n) is 5.03. The normalized spacial score (nSPS) is 11.3. The lowest BCUT2D eigenvalue weighted by Gasteiger charge is -2.22. The first kappa shape index (κ1) is 22.7. The molecule has 0 aliphatic heterocycles. The van der Waals surface area contributed by atoms with Crippen LogP contribution in [-0.4, -0.2) is 22.3 Å². The van der Waals surface area contributed by atoms with Gasteiger partial charge in [0.2, 0.25) is 5.89 Å². The standard InChI is InChI=1S/C25H30FN3O2/c1-17(2)12-27-25(30)23-16-31-24(28-23)15-29(13-20-6-9-22(26)10-7-20)14-21-8-5-18(3)11-19(21)4/h5-11,16-17H,12-15H2,1-4H3,(H,27,30). The lowest BCUT2D eigenvalue weighted by atomic mass is 10.0. The highest BCUT2D eigenvalue weighted by Crippen LogP contribution is 2.18. The number of aryl methyl sites for hydroxylation is 2. The molecule has 0 spiro atoms. The molecule has 1 aromatic heterocycles. The Morgan fingerprint density at radius 3 is 2.52 bits per heavy atom. The Labute approximate surface area is 183 Å². The van der Waals surface area contributed by atoms with Crippen molar-refractivity contribution >= 4 is 5.91 Å². The molecule has 164 valence electrons. The number of amides is 1. The molecule has 0 atom stereocenters. The minimum atomic E-state index is -0.255. The molecule has 0 saturated heterocycles. The van der Waals surface area contributed by atoms with Crippen molar-refractivity contribution in [2.24, 2.45) is 5.92 Å². The summed E-state index contributed by atoms with van der Waals surface area (Å²) in [6.07, 6.45) is 1.40. The molecule has 0 aliphatic rings. The Morgan fingerprint density at radius 2 is 1.84 bits per heavy atom. The second kappa shape index (κ2) is 10.4. The molecule has 2 aromatic carbocycles. The van der Waals surface area contributed by atoms with Crippen molar-refractivity contribution < 1.29 is 13.6 Å². The van der Waals surface area contributed by atoms with E-state index in [1.54, 1.807) is 12.1 Å². The van der Waals surface area contributed by atoms with Crippen molar-refractivity contribution in [2.45, 2.75) is 47.3 Å². The fourth-order valence-corrected chi connectivity index (χ4v) is 3.35. The molecule has 1 N–H and O–H groups in total. The Kier molecular flexibility index (Phi) is 7.58. The van der Waals surface area contributed by atoms with Crippen LogP contribution in [0.2, 0.25) is 0 Å². The van der Waals surface area contributed by atoms with Crippen LogP contribution in [0.4, 0.5) is 4.39 Å².